The fraction of sp³-hybridized carbons (Fsp3) is 0.481. The van der Waals surface area contributed by atoms with Crippen molar-refractivity contribution in [3.63, 3.8) is 0 Å². The highest BCUT2D eigenvalue weighted by Gasteiger charge is 2.55. The Morgan fingerprint density at radius 1 is 0.973 bits per heavy atom. The number of sulfonamides is 1. The monoisotopic (exact) mass is 544 g/mol. The summed E-state index contributed by atoms with van der Waals surface area (Å²) in [6.07, 6.45) is 2.66. The van der Waals surface area contributed by atoms with Crippen molar-refractivity contribution in [1.82, 2.24) is 14.1 Å². The molecule has 8 nitrogen and oxygen atoms in total. The molecule has 2 amide bonds. The average molecular weight is 545 g/mol. The molecule has 0 radical (unpaired) electrons. The molecule has 0 unspecified atom stereocenters. The van der Waals surface area contributed by atoms with Gasteiger partial charge in [-0.05, 0) is 68.0 Å². The van der Waals surface area contributed by atoms with Crippen LogP contribution in [0.5, 0.6) is 0 Å². The van der Waals surface area contributed by atoms with Crippen LogP contribution in [-0.4, -0.2) is 79.3 Å². The molecular formula is C27H33ClN4O4S. The summed E-state index contributed by atoms with van der Waals surface area (Å²) < 4.78 is 28.0. The summed E-state index contributed by atoms with van der Waals surface area (Å²) >= 11 is 5.94. The summed E-state index contributed by atoms with van der Waals surface area (Å²) in [5, 5.41) is 0.473. The molecule has 198 valence electrons. The predicted octanol–water partition coefficient (Wildman–Crippen LogP) is 3.43. The molecule has 10 heteroatoms. The van der Waals surface area contributed by atoms with Gasteiger partial charge in [-0.15, -0.1) is 0 Å². The minimum absolute atomic E-state index is 0.0203. The van der Waals surface area contributed by atoms with E-state index in [2.05, 4.69) is 11.8 Å². The number of amides is 2. The van der Waals surface area contributed by atoms with E-state index in [1.165, 1.54) is 16.4 Å². The van der Waals surface area contributed by atoms with Gasteiger partial charge in [0, 0.05) is 36.9 Å². The number of hydrogen-bond acceptors (Lipinski definition) is 5. The first kappa shape index (κ1) is 26.0. The van der Waals surface area contributed by atoms with Gasteiger partial charge >= 0.3 is 0 Å². The van der Waals surface area contributed by atoms with Gasteiger partial charge in [-0.1, -0.05) is 36.7 Å². The third kappa shape index (κ3) is 4.96. The lowest BCUT2D eigenvalue weighted by Gasteiger charge is -2.42. The minimum Gasteiger partial charge on any atom is -0.341 e. The molecule has 2 aromatic rings. The summed E-state index contributed by atoms with van der Waals surface area (Å²) in [6.45, 7) is 4.44. The van der Waals surface area contributed by atoms with Crippen molar-refractivity contribution in [3.05, 3.63) is 59.6 Å². The second kappa shape index (κ2) is 10.3. The fourth-order valence-electron chi connectivity index (χ4n) is 5.70. The van der Waals surface area contributed by atoms with Crippen LogP contribution in [0.3, 0.4) is 0 Å². The lowest BCUT2D eigenvalue weighted by atomic mass is 9.86. The van der Waals surface area contributed by atoms with Gasteiger partial charge in [0.05, 0.1) is 11.6 Å². The Kier molecular flexibility index (Phi) is 7.22. The molecule has 3 fully saturated rings. The molecule has 0 saturated carbocycles. The number of likely N-dealkylation sites (tertiary alicyclic amines) is 1. The minimum atomic E-state index is -3.71. The van der Waals surface area contributed by atoms with Gasteiger partial charge in [-0.2, -0.15) is 4.31 Å². The topological polar surface area (TPSA) is 81.2 Å². The van der Waals surface area contributed by atoms with E-state index in [4.69, 9.17) is 11.6 Å². The Morgan fingerprint density at radius 3 is 2.22 bits per heavy atom. The number of nitrogens with zero attached hydrogens (tertiary/aromatic N) is 4. The molecule has 3 aliphatic heterocycles. The van der Waals surface area contributed by atoms with Crippen LogP contribution >= 0.6 is 11.6 Å². The Labute approximate surface area is 223 Å². The van der Waals surface area contributed by atoms with Gasteiger partial charge in [-0.25, -0.2) is 8.42 Å². The maximum Gasteiger partial charge on any atom is 0.250 e. The van der Waals surface area contributed by atoms with E-state index in [0.29, 0.717) is 30.5 Å². The highest BCUT2D eigenvalue weighted by Crippen LogP contribution is 2.40. The standard InChI is InChI=1S/C27H33ClN4O4S/c1-21-11-15-29(16-12-21)25(33)19-30-20-32(23-5-3-2-4-6-23)27(26(30)34)13-17-31(18-14-27)37(35,36)24-9-7-22(28)8-10-24/h2-10,21H,11-20H2,1H3. The van der Waals surface area contributed by atoms with E-state index < -0.39 is 15.6 Å². The smallest absolute Gasteiger partial charge is 0.250 e. The maximum absolute atomic E-state index is 13.9. The lowest BCUT2D eigenvalue weighted by molar-refractivity contribution is -0.141. The molecule has 5 rings (SSSR count). The predicted molar refractivity (Wildman–Crippen MR) is 143 cm³/mol. The second-order valence-electron chi connectivity index (χ2n) is 10.4. The summed E-state index contributed by atoms with van der Waals surface area (Å²) in [4.78, 5) is 32.8. The Hall–Kier alpha value is -2.62. The first-order valence-corrected chi connectivity index (χ1v) is 14.7. The zero-order valence-electron chi connectivity index (χ0n) is 21.1. The maximum atomic E-state index is 13.9. The molecule has 0 N–H and O–H groups in total. The summed E-state index contributed by atoms with van der Waals surface area (Å²) in [7, 11) is -3.71. The number of carbonyl (C=O) groups excluding carboxylic acids is 2. The molecule has 0 aliphatic carbocycles. The molecule has 1 spiro atoms. The third-order valence-corrected chi connectivity index (χ3v) is 10.2. The number of para-hydroxylation sites is 1. The van der Waals surface area contributed by atoms with Gasteiger partial charge in [-0.3, -0.25) is 9.59 Å². The number of piperidine rings is 2. The van der Waals surface area contributed by atoms with E-state index in [1.54, 1.807) is 17.0 Å². The Balaban J connectivity index is 1.36. The molecule has 3 heterocycles. The van der Waals surface area contributed by atoms with E-state index in [9.17, 15) is 18.0 Å². The van der Waals surface area contributed by atoms with Gasteiger partial charge in [0.25, 0.3) is 0 Å². The summed E-state index contributed by atoms with van der Waals surface area (Å²) in [5.74, 6) is 0.496. The van der Waals surface area contributed by atoms with Crippen molar-refractivity contribution in [2.24, 2.45) is 5.92 Å². The number of anilines is 1. The molecule has 37 heavy (non-hydrogen) atoms. The van der Waals surface area contributed by atoms with Crippen LogP contribution in [0.2, 0.25) is 5.02 Å². The van der Waals surface area contributed by atoms with Crippen LogP contribution in [-0.2, 0) is 19.6 Å². The van der Waals surface area contributed by atoms with Crippen molar-refractivity contribution < 1.29 is 18.0 Å². The van der Waals surface area contributed by atoms with E-state index in [-0.39, 0.29) is 36.3 Å². The largest absolute Gasteiger partial charge is 0.341 e. The average Bonchev–Trinajstić information content (AvgIpc) is 3.16. The fourth-order valence-corrected chi connectivity index (χ4v) is 7.26. The van der Waals surface area contributed by atoms with Crippen molar-refractivity contribution in [2.45, 2.75) is 43.0 Å². The molecule has 3 aliphatic rings. The van der Waals surface area contributed by atoms with E-state index in [1.807, 2.05) is 35.2 Å². The van der Waals surface area contributed by atoms with Crippen LogP contribution in [0.25, 0.3) is 0 Å². The normalized spacial score (nSPS) is 21.1. The van der Waals surface area contributed by atoms with Gasteiger partial charge in [0.1, 0.15) is 12.1 Å². The highest BCUT2D eigenvalue weighted by atomic mass is 35.5. The molecule has 0 aromatic heterocycles. The number of hydrogen-bond donors (Lipinski definition) is 0. The zero-order valence-corrected chi connectivity index (χ0v) is 22.6. The van der Waals surface area contributed by atoms with Crippen LogP contribution in [0.1, 0.15) is 32.6 Å². The Bertz CT molecular complexity index is 1240. The number of rotatable bonds is 5. The van der Waals surface area contributed by atoms with Crippen LogP contribution in [0, 0.1) is 5.92 Å². The van der Waals surface area contributed by atoms with Gasteiger partial charge in [0.15, 0.2) is 0 Å². The quantitative estimate of drug-likeness (QED) is 0.576. The SMILES string of the molecule is CC1CCN(C(=O)CN2CN(c3ccccc3)C3(CCN(S(=O)(=O)c4ccc(Cl)cc4)CC3)C2=O)CC1. The molecule has 0 atom stereocenters. The van der Waals surface area contributed by atoms with Crippen molar-refractivity contribution >= 4 is 39.1 Å². The zero-order chi connectivity index (χ0) is 26.2. The number of benzene rings is 2. The highest BCUT2D eigenvalue weighted by molar-refractivity contribution is 7.89. The first-order valence-electron chi connectivity index (χ1n) is 12.9. The summed E-state index contributed by atoms with van der Waals surface area (Å²) in [6, 6.07) is 15.8. The number of carbonyl (C=O) groups is 2. The molecule has 3 saturated heterocycles. The van der Waals surface area contributed by atoms with Crippen molar-refractivity contribution in [2.75, 3.05) is 44.3 Å². The number of halogens is 1. The molecular weight excluding hydrogens is 512 g/mol. The van der Waals surface area contributed by atoms with Gasteiger partial charge in [0.2, 0.25) is 21.8 Å². The van der Waals surface area contributed by atoms with E-state index in [0.717, 1.165) is 31.6 Å². The van der Waals surface area contributed by atoms with Gasteiger partial charge < -0.3 is 14.7 Å². The third-order valence-electron chi connectivity index (χ3n) is 8.05. The molecule has 2 aromatic carbocycles. The van der Waals surface area contributed by atoms with Crippen LogP contribution < -0.4 is 4.90 Å². The van der Waals surface area contributed by atoms with Crippen LogP contribution in [0.4, 0.5) is 5.69 Å². The van der Waals surface area contributed by atoms with E-state index >= 15 is 0 Å². The molecule has 0 bridgehead atoms. The van der Waals surface area contributed by atoms with Crippen molar-refractivity contribution in [1.29, 1.82) is 0 Å². The lowest BCUT2D eigenvalue weighted by Crippen LogP contribution is -2.57. The second-order valence-corrected chi connectivity index (χ2v) is 12.7. The first-order chi connectivity index (χ1) is 17.7. The summed E-state index contributed by atoms with van der Waals surface area (Å²) in [5.41, 5.74) is 0.0101. The van der Waals surface area contributed by atoms with Crippen molar-refractivity contribution in [3.8, 4) is 0 Å². The Morgan fingerprint density at radius 2 is 1.59 bits per heavy atom. The van der Waals surface area contributed by atoms with Crippen LogP contribution in [0.15, 0.2) is 59.5 Å².